The van der Waals surface area contributed by atoms with E-state index in [2.05, 4.69) is 44.2 Å². The number of halogens is 6. The highest BCUT2D eigenvalue weighted by molar-refractivity contribution is 6.01. The molecule has 0 saturated heterocycles. The molecule has 0 spiro atoms. The van der Waals surface area contributed by atoms with Gasteiger partial charge in [0.1, 0.15) is 23.1 Å². The van der Waals surface area contributed by atoms with E-state index in [4.69, 9.17) is 4.98 Å². The number of aryl methyl sites for hydroxylation is 4. The number of hydrogen-bond acceptors (Lipinski definition) is 6. The Hall–Kier alpha value is -6.46. The third kappa shape index (κ3) is 11.3. The molecule has 2 fully saturated rings. The van der Waals surface area contributed by atoms with Crippen LogP contribution in [-0.4, -0.2) is 66.7 Å². The first-order chi connectivity index (χ1) is 31.6. The molecule has 0 atom stereocenters. The maximum Gasteiger partial charge on any atom is 0.573 e. The van der Waals surface area contributed by atoms with Crippen LogP contribution in [0.15, 0.2) is 85.5 Å². The van der Waals surface area contributed by atoms with E-state index in [0.717, 1.165) is 68.7 Å². The number of ether oxygens (including phenoxy) is 2. The Bertz CT molecular complexity index is 2610. The molecule has 8 rings (SSSR count). The summed E-state index contributed by atoms with van der Waals surface area (Å²) in [4.78, 5) is 42.9. The van der Waals surface area contributed by atoms with E-state index >= 15 is 0 Å². The average Bonchev–Trinajstić information content (AvgIpc) is 4.11. The fraction of sp³-hybridized carbons (Fsp3) is 0.417. The summed E-state index contributed by atoms with van der Waals surface area (Å²) in [5.74, 6) is 1.47. The lowest BCUT2D eigenvalue weighted by Crippen LogP contribution is -2.31. The van der Waals surface area contributed by atoms with Crippen molar-refractivity contribution in [3.63, 3.8) is 0 Å². The Balaban J connectivity index is 0.886. The zero-order chi connectivity index (χ0) is 46.6. The fourth-order valence-electron chi connectivity index (χ4n) is 9.56. The lowest BCUT2D eigenvalue weighted by atomic mass is 9.81. The predicted molar refractivity (Wildman–Crippen MR) is 234 cm³/mol. The Kier molecular flexibility index (Phi) is 13.7. The number of imidazole rings is 2. The molecule has 2 saturated carbocycles. The third-order valence-corrected chi connectivity index (χ3v) is 12.8. The van der Waals surface area contributed by atoms with E-state index in [1.165, 1.54) is 36.4 Å². The number of nitrogens with zero attached hydrogens (tertiary/aromatic N) is 4. The number of H-pyrrole nitrogens is 2. The van der Waals surface area contributed by atoms with Gasteiger partial charge in [-0.2, -0.15) is 0 Å². The van der Waals surface area contributed by atoms with Crippen molar-refractivity contribution in [2.24, 2.45) is 18.9 Å². The molecule has 6 aromatic rings. The van der Waals surface area contributed by atoms with E-state index in [0.29, 0.717) is 54.5 Å². The number of amides is 2. The van der Waals surface area contributed by atoms with Crippen LogP contribution >= 0.6 is 0 Å². The minimum atomic E-state index is -4.90. The van der Waals surface area contributed by atoms with E-state index in [1.54, 1.807) is 37.4 Å². The molecule has 0 unspecified atom stereocenters. The van der Waals surface area contributed by atoms with Crippen LogP contribution in [0.2, 0.25) is 0 Å². The summed E-state index contributed by atoms with van der Waals surface area (Å²) >= 11 is 0. The van der Waals surface area contributed by atoms with Crippen LogP contribution in [0.5, 0.6) is 11.5 Å². The summed E-state index contributed by atoms with van der Waals surface area (Å²) in [5.41, 5.74) is 3.03. The molecule has 0 radical (unpaired) electrons. The summed E-state index contributed by atoms with van der Waals surface area (Å²) in [6.07, 6.45) is 5.23. The maximum atomic E-state index is 13.9. The van der Waals surface area contributed by atoms with Crippen LogP contribution in [0.1, 0.15) is 107 Å². The van der Waals surface area contributed by atoms with Gasteiger partial charge in [0, 0.05) is 92.2 Å². The number of alkyl halides is 6. The largest absolute Gasteiger partial charge is 0.573 e. The summed E-state index contributed by atoms with van der Waals surface area (Å²) < 4.78 is 91.7. The fourth-order valence-corrected chi connectivity index (χ4v) is 9.56. The number of aromatic amines is 2. The highest BCUT2D eigenvalue weighted by Crippen LogP contribution is 2.38. The number of carbonyl (C=O) groups excluding carboxylic acids is 2. The normalized spacial score (nSPS) is 19.1. The van der Waals surface area contributed by atoms with Gasteiger partial charge in [-0.05, 0) is 107 Å². The van der Waals surface area contributed by atoms with Crippen LogP contribution in [0.25, 0.3) is 22.5 Å². The SMILES string of the molecule is Cc1cc(C(=O)NCC2CCC(c3nccn3CCc3cc(C(=O)NCC4CCC(c5nccn5C)CC4)c(-c4cccc(OC(F)(F)F)c4)[nH]3)CC2)c(-c2ccccc2OC(F)(F)F)[nH]1. The molecule has 2 aliphatic rings. The van der Waals surface area contributed by atoms with Gasteiger partial charge in [-0.3, -0.25) is 9.59 Å². The third-order valence-electron chi connectivity index (χ3n) is 12.8. The molecule has 66 heavy (non-hydrogen) atoms. The molecule has 4 N–H and O–H groups in total. The molecular formula is C48H52F6N8O4. The van der Waals surface area contributed by atoms with Gasteiger partial charge in [-0.25, -0.2) is 9.97 Å². The van der Waals surface area contributed by atoms with Gasteiger partial charge >= 0.3 is 12.7 Å². The van der Waals surface area contributed by atoms with Crippen LogP contribution in [0.4, 0.5) is 26.3 Å². The van der Waals surface area contributed by atoms with Crippen LogP contribution < -0.4 is 20.1 Å². The van der Waals surface area contributed by atoms with Crippen molar-refractivity contribution in [2.45, 2.75) is 95.8 Å². The molecule has 12 nitrogen and oxygen atoms in total. The van der Waals surface area contributed by atoms with Gasteiger partial charge in [0.05, 0.1) is 22.5 Å². The number of hydrogen-bond donors (Lipinski definition) is 4. The molecule has 0 bridgehead atoms. The van der Waals surface area contributed by atoms with Gasteiger partial charge in [0.25, 0.3) is 11.8 Å². The molecule has 2 aromatic carbocycles. The zero-order valence-electron chi connectivity index (χ0n) is 36.6. The summed E-state index contributed by atoms with van der Waals surface area (Å²) in [6, 6.07) is 14.6. The highest BCUT2D eigenvalue weighted by atomic mass is 19.4. The molecule has 4 heterocycles. The predicted octanol–water partition coefficient (Wildman–Crippen LogP) is 10.4. The Morgan fingerprint density at radius 2 is 1.32 bits per heavy atom. The number of benzene rings is 2. The zero-order valence-corrected chi connectivity index (χ0v) is 36.6. The van der Waals surface area contributed by atoms with Crippen LogP contribution in [0.3, 0.4) is 0 Å². The van der Waals surface area contributed by atoms with Gasteiger partial charge < -0.3 is 39.2 Å². The van der Waals surface area contributed by atoms with Gasteiger partial charge in [0.15, 0.2) is 0 Å². The Labute approximate surface area is 377 Å². The summed E-state index contributed by atoms with van der Waals surface area (Å²) in [5, 5.41) is 6.10. The van der Waals surface area contributed by atoms with Crippen molar-refractivity contribution in [3.05, 3.63) is 120 Å². The highest BCUT2D eigenvalue weighted by Gasteiger charge is 2.34. The standard InChI is InChI=1S/C48H52F6N8O4/c1-29-24-38(42(59-29)37-8-3-4-9-40(37)66-48(52,53)54)45(63)57-27-31-12-16-33(17-13-31)44-56-20-23-62(44)21-18-35-26-39(41(60-35)34-6-5-7-36(25-34)65-47(49,50)51)46(64)58-28-30-10-14-32(15-11-30)43-55-19-22-61(43)2/h3-9,19-20,22-26,30-33,59-60H,10-18,21,27-28H2,1-2H3,(H,57,63)(H,58,64). The van der Waals surface area contributed by atoms with Crippen molar-refractivity contribution in [1.82, 2.24) is 39.7 Å². The summed E-state index contributed by atoms with van der Waals surface area (Å²) in [6.45, 7) is 3.12. The van der Waals surface area contributed by atoms with E-state index in [1.807, 2.05) is 25.6 Å². The molecule has 0 aliphatic heterocycles. The molecule has 350 valence electrons. The van der Waals surface area contributed by atoms with E-state index in [-0.39, 0.29) is 40.5 Å². The first-order valence-electron chi connectivity index (χ1n) is 22.2. The number of para-hydroxylation sites is 1. The van der Waals surface area contributed by atoms with Crippen LogP contribution in [0, 0.1) is 18.8 Å². The number of nitrogens with one attached hydrogen (secondary N) is 4. The molecule has 4 aromatic heterocycles. The summed E-state index contributed by atoms with van der Waals surface area (Å²) in [7, 11) is 2.00. The number of rotatable bonds is 15. The quantitative estimate of drug-likeness (QED) is 0.0756. The van der Waals surface area contributed by atoms with Crippen molar-refractivity contribution in [2.75, 3.05) is 13.1 Å². The van der Waals surface area contributed by atoms with Crippen molar-refractivity contribution < 1.29 is 45.4 Å². The molecule has 2 amide bonds. The monoisotopic (exact) mass is 918 g/mol. The number of aromatic nitrogens is 6. The lowest BCUT2D eigenvalue weighted by molar-refractivity contribution is -0.275. The molecule has 2 aliphatic carbocycles. The van der Waals surface area contributed by atoms with Gasteiger partial charge in [-0.1, -0.05) is 24.3 Å². The average molecular weight is 919 g/mol. The molecule has 18 heteroatoms. The van der Waals surface area contributed by atoms with Crippen molar-refractivity contribution in [1.29, 1.82) is 0 Å². The second-order valence-corrected chi connectivity index (χ2v) is 17.4. The van der Waals surface area contributed by atoms with E-state index in [9.17, 15) is 35.9 Å². The minimum absolute atomic E-state index is 0.123. The van der Waals surface area contributed by atoms with Crippen molar-refractivity contribution >= 4 is 11.8 Å². The lowest BCUT2D eigenvalue weighted by Gasteiger charge is -2.28. The topological polar surface area (TPSA) is 144 Å². The second kappa shape index (κ2) is 19.6. The number of carbonyl (C=O) groups is 2. The first-order valence-corrected chi connectivity index (χ1v) is 22.2. The maximum absolute atomic E-state index is 13.9. The van der Waals surface area contributed by atoms with Gasteiger partial charge in [0.2, 0.25) is 0 Å². The smallest absolute Gasteiger partial charge is 0.406 e. The Morgan fingerprint density at radius 1 is 0.712 bits per heavy atom. The van der Waals surface area contributed by atoms with E-state index < -0.39 is 30.1 Å². The molecular weight excluding hydrogens is 867 g/mol. The first kappa shape index (κ1) is 46.1. The van der Waals surface area contributed by atoms with Crippen molar-refractivity contribution in [3.8, 4) is 34.0 Å². The second-order valence-electron chi connectivity index (χ2n) is 17.4. The minimum Gasteiger partial charge on any atom is -0.406 e. The van der Waals surface area contributed by atoms with Gasteiger partial charge in [-0.15, -0.1) is 26.3 Å². The van der Waals surface area contributed by atoms with Crippen LogP contribution in [-0.2, 0) is 20.0 Å². The Morgan fingerprint density at radius 3 is 1.95 bits per heavy atom.